The third kappa shape index (κ3) is 3.76. The zero-order chi connectivity index (χ0) is 17.8. The predicted molar refractivity (Wildman–Crippen MR) is 77.2 cm³/mol. The number of esters is 1. The number of carbonyl (C=O) groups is 2. The summed E-state index contributed by atoms with van der Waals surface area (Å²) in [6.07, 6.45) is -5.27. The minimum atomic E-state index is -5.27. The Morgan fingerprint density at radius 3 is 2.17 bits per heavy atom. The number of nitrogens with zero attached hydrogens (tertiary/aromatic N) is 1. The molecule has 0 fully saturated rings. The van der Waals surface area contributed by atoms with Crippen molar-refractivity contribution >= 4 is 29.2 Å². The van der Waals surface area contributed by atoms with E-state index in [4.69, 9.17) is 11.6 Å². The Kier molecular flexibility index (Phi) is 6.01. The van der Waals surface area contributed by atoms with Crippen molar-refractivity contribution in [3.63, 3.8) is 0 Å². The predicted octanol–water partition coefficient (Wildman–Crippen LogP) is 2.20. The van der Waals surface area contributed by atoms with Gasteiger partial charge in [0.15, 0.2) is 0 Å². The summed E-state index contributed by atoms with van der Waals surface area (Å²) in [6.45, 7) is 1.01. The molecule has 0 aliphatic carbocycles. The molecule has 1 amide bonds. The molecular formula is C14H15ClF3NO4. The summed E-state index contributed by atoms with van der Waals surface area (Å²) in [6, 6.07) is 4.13. The van der Waals surface area contributed by atoms with Crippen LogP contribution in [0, 0.1) is 0 Å². The fraction of sp³-hybridized carbons (Fsp3) is 0.429. The molecule has 0 aliphatic rings. The summed E-state index contributed by atoms with van der Waals surface area (Å²) in [4.78, 5) is 24.2. The van der Waals surface area contributed by atoms with E-state index >= 15 is 0 Å². The molecule has 1 atom stereocenters. The van der Waals surface area contributed by atoms with E-state index in [1.807, 2.05) is 0 Å². The van der Waals surface area contributed by atoms with Crippen LogP contribution in [0.15, 0.2) is 24.3 Å². The number of amides is 1. The highest BCUT2D eigenvalue weighted by molar-refractivity contribution is 6.29. The summed E-state index contributed by atoms with van der Waals surface area (Å²) in [5.41, 5.74) is -4.23. The second-order valence-electron chi connectivity index (χ2n) is 4.56. The van der Waals surface area contributed by atoms with E-state index in [9.17, 15) is 27.9 Å². The molecule has 23 heavy (non-hydrogen) atoms. The van der Waals surface area contributed by atoms with Crippen molar-refractivity contribution in [3.05, 3.63) is 29.8 Å². The fourth-order valence-electron chi connectivity index (χ4n) is 1.79. The Labute approximate surface area is 135 Å². The van der Waals surface area contributed by atoms with Gasteiger partial charge >= 0.3 is 12.1 Å². The van der Waals surface area contributed by atoms with Gasteiger partial charge in [0.2, 0.25) is 5.91 Å². The van der Waals surface area contributed by atoms with Gasteiger partial charge < -0.3 is 14.7 Å². The Morgan fingerprint density at radius 2 is 1.78 bits per heavy atom. The first-order valence-electron chi connectivity index (χ1n) is 6.49. The largest absolute Gasteiger partial charge is 0.463 e. The molecule has 0 radical (unpaired) electrons. The Bertz CT molecular complexity index is 576. The van der Waals surface area contributed by atoms with Crippen molar-refractivity contribution in [2.75, 3.05) is 24.4 Å². The normalized spacial score (nSPS) is 14.0. The summed E-state index contributed by atoms with van der Waals surface area (Å²) in [5.74, 6) is -2.57. The number of rotatable bonds is 5. The fourth-order valence-corrected chi connectivity index (χ4v) is 1.97. The Balaban J connectivity index is 3.25. The lowest BCUT2D eigenvalue weighted by molar-refractivity contribution is -0.267. The molecule has 9 heteroatoms. The van der Waals surface area contributed by atoms with Crippen molar-refractivity contribution in [3.8, 4) is 0 Å². The van der Waals surface area contributed by atoms with Crippen LogP contribution in [0.4, 0.5) is 18.9 Å². The van der Waals surface area contributed by atoms with Gasteiger partial charge in [0, 0.05) is 18.3 Å². The van der Waals surface area contributed by atoms with E-state index in [0.29, 0.717) is 0 Å². The van der Waals surface area contributed by atoms with Crippen LogP contribution in [0.3, 0.4) is 0 Å². The number of aliphatic hydroxyl groups is 1. The van der Waals surface area contributed by atoms with E-state index in [1.165, 1.54) is 14.0 Å². The first-order valence-corrected chi connectivity index (χ1v) is 7.02. The summed E-state index contributed by atoms with van der Waals surface area (Å²) >= 11 is 5.40. The molecule has 0 saturated heterocycles. The lowest BCUT2D eigenvalue weighted by atomic mass is 9.93. The third-order valence-electron chi connectivity index (χ3n) is 3.14. The molecule has 0 heterocycles. The maximum absolute atomic E-state index is 13.2. The maximum atomic E-state index is 13.2. The van der Waals surface area contributed by atoms with Crippen LogP contribution in [0.5, 0.6) is 0 Å². The van der Waals surface area contributed by atoms with Crippen LogP contribution in [0.25, 0.3) is 0 Å². The second kappa shape index (κ2) is 7.18. The molecular weight excluding hydrogens is 339 g/mol. The highest BCUT2D eigenvalue weighted by atomic mass is 35.5. The van der Waals surface area contributed by atoms with Crippen molar-refractivity contribution < 1.29 is 32.6 Å². The number of benzene rings is 1. The Hall–Kier alpha value is -1.80. The average molecular weight is 354 g/mol. The zero-order valence-corrected chi connectivity index (χ0v) is 13.1. The molecule has 0 aromatic heterocycles. The molecule has 1 N–H and O–H groups in total. The molecule has 0 bridgehead atoms. The van der Waals surface area contributed by atoms with Crippen molar-refractivity contribution in [2.24, 2.45) is 0 Å². The first-order chi connectivity index (χ1) is 10.6. The van der Waals surface area contributed by atoms with Crippen LogP contribution in [0.2, 0.25) is 0 Å². The van der Waals surface area contributed by atoms with Crippen LogP contribution in [0.1, 0.15) is 12.5 Å². The maximum Gasteiger partial charge on any atom is 0.432 e. The molecule has 1 rings (SSSR count). The van der Waals surface area contributed by atoms with Gasteiger partial charge in [-0.15, -0.1) is 11.6 Å². The van der Waals surface area contributed by atoms with Gasteiger partial charge in [-0.1, -0.05) is 12.1 Å². The van der Waals surface area contributed by atoms with Gasteiger partial charge in [0.25, 0.3) is 5.60 Å². The van der Waals surface area contributed by atoms with E-state index in [1.54, 1.807) is 0 Å². The third-order valence-corrected chi connectivity index (χ3v) is 3.37. The minimum absolute atomic E-state index is 0.257. The smallest absolute Gasteiger partial charge is 0.432 e. The zero-order valence-electron chi connectivity index (χ0n) is 12.4. The number of ether oxygens (including phenoxy) is 1. The lowest BCUT2D eigenvalue weighted by Crippen LogP contribution is -2.50. The summed E-state index contributed by atoms with van der Waals surface area (Å²) in [7, 11) is 1.39. The molecule has 0 spiro atoms. The van der Waals surface area contributed by atoms with Crippen molar-refractivity contribution in [1.82, 2.24) is 0 Å². The number of hydrogen-bond donors (Lipinski definition) is 1. The first kappa shape index (κ1) is 19.2. The number of alkyl halides is 4. The van der Waals surface area contributed by atoms with E-state index in [2.05, 4.69) is 4.74 Å². The molecule has 5 nitrogen and oxygen atoms in total. The number of hydrogen-bond acceptors (Lipinski definition) is 4. The molecule has 128 valence electrons. The summed E-state index contributed by atoms with van der Waals surface area (Å²) in [5, 5.41) is 9.90. The molecule has 1 aromatic carbocycles. The van der Waals surface area contributed by atoms with E-state index < -0.39 is 29.2 Å². The molecule has 0 aliphatic heterocycles. The van der Waals surface area contributed by atoms with Crippen LogP contribution < -0.4 is 4.90 Å². The summed E-state index contributed by atoms with van der Waals surface area (Å²) < 4.78 is 43.8. The van der Waals surface area contributed by atoms with Crippen LogP contribution >= 0.6 is 11.6 Å². The van der Waals surface area contributed by atoms with Gasteiger partial charge in [-0.3, -0.25) is 4.79 Å². The number of halogens is 4. The highest BCUT2D eigenvalue weighted by Gasteiger charge is 2.62. The quantitative estimate of drug-likeness (QED) is 0.651. The van der Waals surface area contributed by atoms with Gasteiger partial charge in [-0.2, -0.15) is 13.2 Å². The standard InChI is InChI=1S/C14H15ClF3NO4/c1-3-23-12(21)13(22,14(16,17)18)9-4-6-10(7-5-9)19(2)11(20)8-15/h4-7,22H,3,8H2,1-2H3/t13-/m1/s1. The number of carbonyl (C=O) groups excluding carboxylic acids is 2. The van der Waals surface area contributed by atoms with Crippen LogP contribution in [-0.4, -0.2) is 42.7 Å². The number of anilines is 1. The van der Waals surface area contributed by atoms with Gasteiger partial charge in [-0.05, 0) is 19.1 Å². The second-order valence-corrected chi connectivity index (χ2v) is 4.83. The van der Waals surface area contributed by atoms with Gasteiger partial charge in [0.05, 0.1) is 6.61 Å². The van der Waals surface area contributed by atoms with Crippen LogP contribution in [-0.2, 0) is 19.9 Å². The van der Waals surface area contributed by atoms with Gasteiger partial charge in [-0.25, -0.2) is 4.79 Å². The molecule has 0 unspecified atom stereocenters. The lowest BCUT2D eigenvalue weighted by Gasteiger charge is -2.28. The van der Waals surface area contributed by atoms with Crippen molar-refractivity contribution in [1.29, 1.82) is 0 Å². The monoisotopic (exact) mass is 353 g/mol. The highest BCUT2D eigenvalue weighted by Crippen LogP contribution is 2.40. The molecule has 1 aromatic rings. The Morgan fingerprint density at radius 1 is 1.26 bits per heavy atom. The topological polar surface area (TPSA) is 66.8 Å². The van der Waals surface area contributed by atoms with Crippen molar-refractivity contribution in [2.45, 2.75) is 18.7 Å². The SMILES string of the molecule is CCOC(=O)[C@](O)(c1ccc(N(C)C(=O)CCl)cc1)C(F)(F)F. The van der Waals surface area contributed by atoms with E-state index in [-0.39, 0.29) is 18.2 Å². The minimum Gasteiger partial charge on any atom is -0.463 e. The van der Waals surface area contributed by atoms with Gasteiger partial charge in [0.1, 0.15) is 5.88 Å². The molecule has 0 saturated carbocycles. The average Bonchev–Trinajstić information content (AvgIpc) is 2.51. The van der Waals surface area contributed by atoms with E-state index in [0.717, 1.165) is 29.2 Å².